The highest BCUT2D eigenvalue weighted by Crippen LogP contribution is 2.46. The first kappa shape index (κ1) is 44.6. The van der Waals surface area contributed by atoms with Gasteiger partial charge in [-0.15, -0.1) is 11.3 Å². The van der Waals surface area contributed by atoms with E-state index in [1.165, 1.54) is 41.7 Å². The summed E-state index contributed by atoms with van der Waals surface area (Å²) in [5.41, 5.74) is 14.8. The van der Waals surface area contributed by atoms with Crippen LogP contribution in [0.3, 0.4) is 0 Å². The summed E-state index contributed by atoms with van der Waals surface area (Å²) >= 11 is 1.84. The van der Waals surface area contributed by atoms with Crippen molar-refractivity contribution in [2.75, 3.05) is 0 Å². The molecule has 0 aliphatic carbocycles. The Bertz CT molecular complexity index is 5200. The van der Waals surface area contributed by atoms with E-state index in [9.17, 15) is 0 Å². The van der Waals surface area contributed by atoms with Crippen LogP contribution in [-0.4, -0.2) is 28.7 Å². The standard InChI is InChI=1S/C73H44N6S/c1-3-22-47(23-4-1)77-62-35-14-10-28-55(62)68-57(32-18-37-64(68)77)72-74-71(75-73(76-72)58-33-19-38-65-69(58)56-29-11-15-36-63(56)78(65)48-24-5-2-6-25-48)54-41-40-49(44-59(54)53-31-17-30-52-51-27-12-16-39-67(51)80-70(52)53)79-61-34-13-9-26-50(61)60-42-45-20-7-8-21-46(45)43-66(60)79/h1-44H. The fourth-order valence-electron chi connectivity index (χ4n) is 12.8. The summed E-state index contributed by atoms with van der Waals surface area (Å²) in [6, 6.07) is 96.2. The minimum absolute atomic E-state index is 0.588. The number of rotatable bonds is 7. The molecule has 6 nitrogen and oxygen atoms in total. The van der Waals surface area contributed by atoms with Gasteiger partial charge in [0.05, 0.1) is 33.1 Å². The zero-order valence-corrected chi connectivity index (χ0v) is 43.8. The Morgan fingerprint density at radius 1 is 0.250 bits per heavy atom. The zero-order valence-electron chi connectivity index (χ0n) is 43.0. The maximum Gasteiger partial charge on any atom is 0.164 e. The SMILES string of the molecule is c1ccc(-n2c3ccccc3c3c(-c4nc(-c5ccc(-n6c7ccccc7c7cc8ccccc8cc76)cc5-c5cccc6c5sc5ccccc56)nc(-c5cccc6c5c5ccccc5n6-c5ccccc5)n4)cccc32)cc1. The second kappa shape index (κ2) is 17.5. The molecule has 0 saturated carbocycles. The molecule has 0 unspecified atom stereocenters. The van der Waals surface area contributed by atoms with E-state index in [1.54, 1.807) is 0 Å². The van der Waals surface area contributed by atoms with E-state index in [0.717, 1.165) is 99.5 Å². The fraction of sp³-hybridized carbons (Fsp3) is 0. The van der Waals surface area contributed by atoms with Gasteiger partial charge in [0, 0.05) is 91.8 Å². The van der Waals surface area contributed by atoms with Crippen molar-refractivity contribution in [1.82, 2.24) is 28.7 Å². The Morgan fingerprint density at radius 3 is 1.32 bits per heavy atom. The average molecular weight is 1040 g/mol. The van der Waals surface area contributed by atoms with Crippen LogP contribution in [0.25, 0.3) is 159 Å². The van der Waals surface area contributed by atoms with Crippen LogP contribution in [0.5, 0.6) is 0 Å². The van der Waals surface area contributed by atoms with Gasteiger partial charge >= 0.3 is 0 Å². The normalized spacial score (nSPS) is 12.0. The molecular formula is C73H44N6S. The van der Waals surface area contributed by atoms with Gasteiger partial charge in [-0.2, -0.15) is 0 Å². The Balaban J connectivity index is 0.986. The number of fused-ring (bicyclic) bond motifs is 13. The van der Waals surface area contributed by atoms with Crippen molar-refractivity contribution in [2.45, 2.75) is 0 Å². The molecule has 0 bridgehead atoms. The number of hydrogen-bond donors (Lipinski definition) is 0. The van der Waals surface area contributed by atoms with Crippen LogP contribution in [0.1, 0.15) is 0 Å². The smallest absolute Gasteiger partial charge is 0.164 e. The van der Waals surface area contributed by atoms with Crippen LogP contribution >= 0.6 is 11.3 Å². The first-order valence-electron chi connectivity index (χ1n) is 27.1. The van der Waals surface area contributed by atoms with E-state index in [0.29, 0.717) is 17.5 Å². The lowest BCUT2D eigenvalue weighted by Crippen LogP contribution is -2.03. The molecule has 0 fully saturated rings. The van der Waals surface area contributed by atoms with Crippen LogP contribution < -0.4 is 0 Å². The van der Waals surface area contributed by atoms with E-state index in [2.05, 4.69) is 281 Å². The number of aromatic nitrogens is 6. The molecular weight excluding hydrogens is 993 g/mol. The lowest BCUT2D eigenvalue weighted by molar-refractivity contribution is 1.08. The van der Waals surface area contributed by atoms with Gasteiger partial charge in [-0.1, -0.05) is 176 Å². The predicted octanol–water partition coefficient (Wildman–Crippen LogP) is 19.4. The Hall–Kier alpha value is -10.5. The number of nitrogens with zero attached hydrogens (tertiary/aromatic N) is 6. The predicted molar refractivity (Wildman–Crippen MR) is 335 cm³/mol. The summed E-state index contributed by atoms with van der Waals surface area (Å²) < 4.78 is 9.61. The molecule has 0 radical (unpaired) electrons. The third kappa shape index (κ3) is 6.68. The van der Waals surface area contributed by atoms with Crippen molar-refractivity contribution >= 4 is 108 Å². The molecule has 5 aromatic heterocycles. The number of thiophene rings is 1. The second-order valence-corrected chi connectivity index (χ2v) is 21.7. The molecule has 0 amide bonds. The summed E-state index contributed by atoms with van der Waals surface area (Å²) in [4.78, 5) is 17.1. The molecule has 0 saturated heterocycles. The van der Waals surface area contributed by atoms with Crippen molar-refractivity contribution in [3.63, 3.8) is 0 Å². The minimum atomic E-state index is 0.588. The highest BCUT2D eigenvalue weighted by atomic mass is 32.1. The monoisotopic (exact) mass is 1040 g/mol. The molecule has 0 atom stereocenters. The lowest BCUT2D eigenvalue weighted by atomic mass is 9.96. The molecule has 0 aliphatic rings. The molecule has 0 N–H and O–H groups in total. The summed E-state index contributed by atoms with van der Waals surface area (Å²) in [5.74, 6) is 1.78. The molecule has 7 heteroatoms. The fourth-order valence-corrected chi connectivity index (χ4v) is 14.1. The van der Waals surface area contributed by atoms with Crippen LogP contribution in [0.15, 0.2) is 267 Å². The van der Waals surface area contributed by atoms with Crippen molar-refractivity contribution in [3.05, 3.63) is 267 Å². The maximum atomic E-state index is 5.73. The highest BCUT2D eigenvalue weighted by Gasteiger charge is 2.25. The molecule has 17 aromatic rings. The summed E-state index contributed by atoms with van der Waals surface area (Å²) in [7, 11) is 0. The van der Waals surface area contributed by atoms with E-state index in [-0.39, 0.29) is 0 Å². The highest BCUT2D eigenvalue weighted by molar-refractivity contribution is 7.26. The Kier molecular flexibility index (Phi) is 9.78. The largest absolute Gasteiger partial charge is 0.309 e. The maximum absolute atomic E-state index is 5.73. The van der Waals surface area contributed by atoms with E-state index in [4.69, 9.17) is 15.0 Å². The van der Waals surface area contributed by atoms with Gasteiger partial charge in [-0.25, -0.2) is 15.0 Å². The zero-order chi connectivity index (χ0) is 52.4. The molecule has 80 heavy (non-hydrogen) atoms. The van der Waals surface area contributed by atoms with Gasteiger partial charge in [0.15, 0.2) is 17.5 Å². The number of para-hydroxylation sites is 5. The summed E-state index contributed by atoms with van der Waals surface area (Å²) in [5, 5.41) is 11.7. The molecule has 17 rings (SSSR count). The third-order valence-corrected chi connectivity index (χ3v) is 17.5. The first-order chi connectivity index (χ1) is 39.7. The minimum Gasteiger partial charge on any atom is -0.309 e. The van der Waals surface area contributed by atoms with E-state index < -0.39 is 0 Å². The van der Waals surface area contributed by atoms with Crippen LogP contribution in [0.2, 0.25) is 0 Å². The summed E-state index contributed by atoms with van der Waals surface area (Å²) in [6.45, 7) is 0. The number of hydrogen-bond acceptors (Lipinski definition) is 4. The second-order valence-electron chi connectivity index (χ2n) is 20.7. The first-order valence-corrected chi connectivity index (χ1v) is 27.9. The van der Waals surface area contributed by atoms with Gasteiger partial charge in [0.1, 0.15) is 0 Å². The van der Waals surface area contributed by atoms with Gasteiger partial charge in [0.25, 0.3) is 0 Å². The van der Waals surface area contributed by atoms with Crippen LogP contribution in [0.4, 0.5) is 0 Å². The van der Waals surface area contributed by atoms with E-state index >= 15 is 0 Å². The van der Waals surface area contributed by atoms with Gasteiger partial charge in [-0.05, 0) is 107 Å². The topological polar surface area (TPSA) is 53.5 Å². The Labute approximate surface area is 463 Å². The molecule has 0 aliphatic heterocycles. The quantitative estimate of drug-likeness (QED) is 0.160. The van der Waals surface area contributed by atoms with Crippen LogP contribution in [-0.2, 0) is 0 Å². The molecule has 5 heterocycles. The number of benzene rings is 12. The van der Waals surface area contributed by atoms with Crippen molar-refractivity contribution < 1.29 is 0 Å². The summed E-state index contributed by atoms with van der Waals surface area (Å²) in [6.07, 6.45) is 0. The Morgan fingerprint density at radius 2 is 0.700 bits per heavy atom. The third-order valence-electron chi connectivity index (χ3n) is 16.3. The van der Waals surface area contributed by atoms with Crippen molar-refractivity contribution in [2.24, 2.45) is 0 Å². The van der Waals surface area contributed by atoms with Gasteiger partial charge in [-0.3, -0.25) is 0 Å². The van der Waals surface area contributed by atoms with E-state index in [1.807, 2.05) is 11.3 Å². The van der Waals surface area contributed by atoms with Crippen molar-refractivity contribution in [1.29, 1.82) is 0 Å². The van der Waals surface area contributed by atoms with Crippen molar-refractivity contribution in [3.8, 4) is 62.4 Å². The molecule has 0 spiro atoms. The lowest BCUT2D eigenvalue weighted by Gasteiger charge is -2.16. The molecule has 372 valence electrons. The van der Waals surface area contributed by atoms with Crippen LogP contribution in [0, 0.1) is 0 Å². The average Bonchev–Trinajstić information content (AvgIpc) is 4.46. The van der Waals surface area contributed by atoms with Gasteiger partial charge in [0.2, 0.25) is 0 Å². The van der Waals surface area contributed by atoms with Gasteiger partial charge < -0.3 is 13.7 Å². The molecule has 12 aromatic carbocycles.